The van der Waals surface area contributed by atoms with Crippen LogP contribution in [0.5, 0.6) is 0 Å². The molecule has 4 heterocycles. The number of nitrogens with zero attached hydrogens (tertiary/aromatic N) is 2. The van der Waals surface area contributed by atoms with Gasteiger partial charge in [-0.2, -0.15) is 0 Å². The highest BCUT2D eigenvalue weighted by molar-refractivity contribution is 7.16. The summed E-state index contributed by atoms with van der Waals surface area (Å²) in [4.78, 5) is 14.8. The average Bonchev–Trinajstić information content (AvgIpc) is 3.55. The molecule has 0 saturated heterocycles. The third-order valence-electron chi connectivity index (χ3n) is 7.12. The van der Waals surface area contributed by atoms with E-state index in [1.807, 2.05) is 47.2 Å². The van der Waals surface area contributed by atoms with Crippen LogP contribution in [-0.4, -0.2) is 9.97 Å². The number of thiophene rings is 2. The summed E-state index contributed by atoms with van der Waals surface area (Å²) < 4.78 is 0. The van der Waals surface area contributed by atoms with Crippen molar-refractivity contribution >= 4 is 44.5 Å². The number of fused-ring (bicyclic) bond motifs is 3. The van der Waals surface area contributed by atoms with Gasteiger partial charge in [0, 0.05) is 53.8 Å². The van der Waals surface area contributed by atoms with Crippen LogP contribution in [-0.2, 0) is 0 Å². The summed E-state index contributed by atoms with van der Waals surface area (Å²) in [7, 11) is 0. The molecule has 38 heavy (non-hydrogen) atoms. The summed E-state index contributed by atoms with van der Waals surface area (Å²) in [5.41, 5.74) is 9.40. The number of aryl methyl sites for hydroxylation is 2. The molecule has 0 N–H and O–H groups in total. The highest BCUT2D eigenvalue weighted by atomic mass is 32.1. The first-order chi connectivity index (χ1) is 18.7. The van der Waals surface area contributed by atoms with Gasteiger partial charge in [0.05, 0.1) is 11.0 Å². The maximum absolute atomic E-state index is 4.84. The topological polar surface area (TPSA) is 25.8 Å². The van der Waals surface area contributed by atoms with Crippen molar-refractivity contribution in [2.75, 3.05) is 0 Å². The van der Waals surface area contributed by atoms with Crippen molar-refractivity contribution in [3.05, 3.63) is 119 Å². The van der Waals surface area contributed by atoms with E-state index in [2.05, 4.69) is 98.8 Å². The minimum Gasteiger partial charge on any atom is -0.254 e. The number of pyridine rings is 2. The smallest absolute Gasteiger partial charge is 0.0971 e. The van der Waals surface area contributed by atoms with E-state index in [1.165, 1.54) is 52.9 Å². The summed E-state index contributed by atoms with van der Waals surface area (Å²) >= 11 is 3.71. The first kappa shape index (κ1) is 23.0. The van der Waals surface area contributed by atoms with E-state index in [0.29, 0.717) is 0 Å². The van der Waals surface area contributed by atoms with Crippen molar-refractivity contribution < 1.29 is 0 Å². The fourth-order valence-electron chi connectivity index (χ4n) is 5.37. The highest BCUT2D eigenvalue weighted by Gasteiger charge is 2.23. The van der Waals surface area contributed by atoms with Crippen LogP contribution in [0.4, 0.5) is 0 Å². The molecule has 0 amide bonds. The third-order valence-corrected chi connectivity index (χ3v) is 9.32. The van der Waals surface area contributed by atoms with Crippen LogP contribution in [0, 0.1) is 13.8 Å². The Balaban J connectivity index is 1.59. The highest BCUT2D eigenvalue weighted by Crippen LogP contribution is 2.49. The lowest BCUT2D eigenvalue weighted by molar-refractivity contribution is 1.37. The van der Waals surface area contributed by atoms with E-state index in [4.69, 9.17) is 9.97 Å². The summed E-state index contributed by atoms with van der Waals surface area (Å²) in [6.07, 6.45) is 3.75. The SMILES string of the molecule is Cc1sc(-c2ccccc2)cc1-c1c(-c2cc(-c3ccccc3)sc2C)c2cccnc2c2ncccc12. The van der Waals surface area contributed by atoms with E-state index in [0.717, 1.165) is 21.8 Å². The second-order valence-corrected chi connectivity index (χ2v) is 12.0. The maximum atomic E-state index is 4.84. The molecule has 0 aliphatic carbocycles. The molecule has 182 valence electrons. The number of rotatable bonds is 4. The zero-order valence-corrected chi connectivity index (χ0v) is 22.7. The molecule has 0 aliphatic rings. The van der Waals surface area contributed by atoms with Crippen LogP contribution in [0.25, 0.3) is 64.9 Å². The molecular formula is C34H24N2S2. The first-order valence-corrected chi connectivity index (χ1v) is 14.3. The molecule has 4 aromatic heterocycles. The maximum Gasteiger partial charge on any atom is 0.0971 e. The fraction of sp³-hybridized carbons (Fsp3) is 0.0588. The molecule has 2 nitrogen and oxygen atoms in total. The largest absolute Gasteiger partial charge is 0.254 e. The zero-order valence-electron chi connectivity index (χ0n) is 21.1. The van der Waals surface area contributed by atoms with Crippen LogP contribution in [0.15, 0.2) is 109 Å². The average molecular weight is 525 g/mol. The van der Waals surface area contributed by atoms with Gasteiger partial charge in [0.2, 0.25) is 0 Å². The standard InChI is InChI=1S/C34H24N2S2/c1-21-27(19-29(37-21)23-11-5-3-6-12-23)31-25-15-9-17-35-33(25)34-26(16-10-18-36-34)32(31)28-20-30(38-22(28)2)24-13-7-4-8-14-24/h3-20H,1-2H3. The van der Waals surface area contributed by atoms with E-state index < -0.39 is 0 Å². The Bertz CT molecular complexity index is 1790. The molecule has 7 rings (SSSR count). The molecule has 4 heteroatoms. The van der Waals surface area contributed by atoms with Crippen molar-refractivity contribution in [3.8, 4) is 43.1 Å². The van der Waals surface area contributed by atoms with Crippen LogP contribution < -0.4 is 0 Å². The number of aromatic nitrogens is 2. The van der Waals surface area contributed by atoms with Gasteiger partial charge in [0.15, 0.2) is 0 Å². The number of benzene rings is 3. The van der Waals surface area contributed by atoms with Gasteiger partial charge in [0.25, 0.3) is 0 Å². The summed E-state index contributed by atoms with van der Waals surface area (Å²) in [6.45, 7) is 4.48. The van der Waals surface area contributed by atoms with Crippen LogP contribution in [0.2, 0.25) is 0 Å². The van der Waals surface area contributed by atoms with E-state index in [1.54, 1.807) is 0 Å². The normalized spacial score (nSPS) is 11.4. The Morgan fingerprint density at radius 2 is 0.921 bits per heavy atom. The Hall–Kier alpha value is -4.12. The van der Waals surface area contributed by atoms with Gasteiger partial charge in [0.1, 0.15) is 0 Å². The van der Waals surface area contributed by atoms with Crippen molar-refractivity contribution in [2.45, 2.75) is 13.8 Å². The van der Waals surface area contributed by atoms with Crippen molar-refractivity contribution in [1.82, 2.24) is 9.97 Å². The summed E-state index contributed by atoms with van der Waals surface area (Å²) in [5.74, 6) is 0. The Labute approximate surface area is 229 Å². The van der Waals surface area contributed by atoms with Crippen LogP contribution in [0.1, 0.15) is 9.75 Å². The van der Waals surface area contributed by atoms with Crippen molar-refractivity contribution in [1.29, 1.82) is 0 Å². The first-order valence-electron chi connectivity index (χ1n) is 12.7. The monoisotopic (exact) mass is 524 g/mol. The second-order valence-electron chi connectivity index (χ2n) is 9.44. The van der Waals surface area contributed by atoms with Gasteiger partial charge in [-0.3, -0.25) is 9.97 Å². The lowest BCUT2D eigenvalue weighted by Crippen LogP contribution is -1.94. The van der Waals surface area contributed by atoms with Gasteiger partial charge >= 0.3 is 0 Å². The minimum absolute atomic E-state index is 0.949. The number of hydrogen-bond donors (Lipinski definition) is 0. The minimum atomic E-state index is 0.949. The molecule has 0 radical (unpaired) electrons. The molecular weight excluding hydrogens is 501 g/mol. The molecule has 0 fully saturated rings. The molecule has 0 atom stereocenters. The van der Waals surface area contributed by atoms with Crippen LogP contribution >= 0.6 is 22.7 Å². The molecule has 0 unspecified atom stereocenters. The van der Waals surface area contributed by atoms with Crippen molar-refractivity contribution in [2.24, 2.45) is 0 Å². The third kappa shape index (κ3) is 3.76. The van der Waals surface area contributed by atoms with Gasteiger partial charge in [-0.25, -0.2) is 0 Å². The summed E-state index contributed by atoms with van der Waals surface area (Å²) in [6, 6.07) is 34.5. The second kappa shape index (κ2) is 9.32. The van der Waals surface area contributed by atoms with Crippen LogP contribution in [0.3, 0.4) is 0 Å². The lowest BCUT2D eigenvalue weighted by Gasteiger charge is -2.17. The quantitative estimate of drug-likeness (QED) is 0.214. The Kier molecular flexibility index (Phi) is 5.65. The fourth-order valence-corrected chi connectivity index (χ4v) is 7.43. The van der Waals surface area contributed by atoms with Gasteiger partial charge < -0.3 is 0 Å². The lowest BCUT2D eigenvalue weighted by atomic mass is 9.87. The molecule has 0 aliphatic heterocycles. The Morgan fingerprint density at radius 3 is 1.34 bits per heavy atom. The van der Waals surface area contributed by atoms with Gasteiger partial charge in [-0.05, 0) is 60.4 Å². The molecule has 0 bridgehead atoms. The van der Waals surface area contributed by atoms with Gasteiger partial charge in [-0.15, -0.1) is 22.7 Å². The molecule has 0 saturated carbocycles. The molecule has 3 aromatic carbocycles. The molecule has 7 aromatic rings. The predicted molar refractivity (Wildman–Crippen MR) is 164 cm³/mol. The summed E-state index contributed by atoms with van der Waals surface area (Å²) in [5, 5.41) is 2.28. The number of hydrogen-bond acceptors (Lipinski definition) is 4. The predicted octanol–water partition coefficient (Wildman–Crippen LogP) is 10.2. The van der Waals surface area contributed by atoms with E-state index in [-0.39, 0.29) is 0 Å². The van der Waals surface area contributed by atoms with E-state index >= 15 is 0 Å². The zero-order chi connectivity index (χ0) is 25.6. The molecule has 0 spiro atoms. The van der Waals surface area contributed by atoms with E-state index in [9.17, 15) is 0 Å². The van der Waals surface area contributed by atoms with Crippen molar-refractivity contribution in [3.63, 3.8) is 0 Å². The Morgan fingerprint density at radius 1 is 0.500 bits per heavy atom. The van der Waals surface area contributed by atoms with Gasteiger partial charge in [-0.1, -0.05) is 72.8 Å².